The van der Waals surface area contributed by atoms with Crippen LogP contribution in [-0.2, 0) is 6.54 Å². The Morgan fingerprint density at radius 1 is 1.16 bits per heavy atom. The number of rotatable bonds is 7. The predicted octanol–water partition coefficient (Wildman–Crippen LogP) is 3.70. The van der Waals surface area contributed by atoms with Crippen LogP contribution in [0, 0.1) is 5.41 Å². The van der Waals surface area contributed by atoms with Gasteiger partial charge in [-0.3, -0.25) is 5.41 Å². The average Bonchev–Trinajstić information content (AvgIpc) is 2.79. The van der Waals surface area contributed by atoms with Crippen molar-refractivity contribution in [3.05, 3.63) is 71.0 Å². The smallest absolute Gasteiger partial charge is 0.228 e. The fourth-order valence-electron chi connectivity index (χ4n) is 4.14. The molecule has 3 aromatic rings. The number of aromatic hydroxyl groups is 1. The quantitative estimate of drug-likeness (QED) is 0.476. The zero-order chi connectivity index (χ0) is 22.0. The Balaban J connectivity index is 1.87. The zero-order valence-electron chi connectivity index (χ0n) is 18.1. The minimum Gasteiger partial charge on any atom is -0.508 e. The molecule has 1 atom stereocenters. The lowest BCUT2D eigenvalue weighted by Crippen LogP contribution is -2.34. The summed E-state index contributed by atoms with van der Waals surface area (Å²) in [5.41, 5.74) is 2.86. The van der Waals surface area contributed by atoms with Gasteiger partial charge < -0.3 is 24.0 Å². The number of nitrogens with one attached hydrogen (secondary N) is 1. The van der Waals surface area contributed by atoms with Crippen molar-refractivity contribution in [3.8, 4) is 23.1 Å². The average molecular weight is 421 g/mol. The lowest BCUT2D eigenvalue weighted by molar-refractivity contribution is 0.286. The summed E-state index contributed by atoms with van der Waals surface area (Å²) < 4.78 is 13.5. The molecular weight excluding hydrogens is 392 g/mol. The number of para-hydroxylation sites is 1. The number of fused-ring (bicyclic) bond motifs is 2. The molecule has 2 aromatic carbocycles. The van der Waals surface area contributed by atoms with Gasteiger partial charge in [0.1, 0.15) is 29.1 Å². The van der Waals surface area contributed by atoms with E-state index in [9.17, 15) is 5.11 Å². The summed E-state index contributed by atoms with van der Waals surface area (Å²) in [5.74, 6) is 1.49. The number of phenols is 1. The number of benzene rings is 2. The summed E-state index contributed by atoms with van der Waals surface area (Å²) >= 11 is 0. The Labute approximate surface area is 182 Å². The maximum Gasteiger partial charge on any atom is 0.228 e. The largest absolute Gasteiger partial charge is 0.508 e. The molecule has 7 heteroatoms. The number of phenolic OH excluding ortho intramolecular Hbond substituents is 1. The number of hydrogen-bond donors (Lipinski definition) is 2. The van der Waals surface area contributed by atoms with E-state index in [-0.39, 0.29) is 11.7 Å². The monoisotopic (exact) mass is 420 g/mol. The van der Waals surface area contributed by atoms with Gasteiger partial charge in [-0.05, 0) is 25.2 Å². The standard InChI is InChI=1S/C24H28N4O3/c1-4-27(5-2)12-13-28-15-26-24-22(23(28)25)21(17-8-6-7-9-19(17)30-3)18-11-10-16(29)14-20(18)31-24/h6-11,14-15,21,25,29H,4-5,12-13H2,1-3H3/t21-/m0/s1. The number of aromatic nitrogens is 2. The van der Waals surface area contributed by atoms with Gasteiger partial charge in [-0.25, -0.2) is 4.98 Å². The van der Waals surface area contributed by atoms with Gasteiger partial charge in [0.25, 0.3) is 0 Å². The predicted molar refractivity (Wildman–Crippen MR) is 118 cm³/mol. The summed E-state index contributed by atoms with van der Waals surface area (Å²) in [6, 6.07) is 12.9. The van der Waals surface area contributed by atoms with E-state index in [0.717, 1.165) is 36.5 Å². The Bertz CT molecular complexity index is 1140. The first kappa shape index (κ1) is 20.9. The van der Waals surface area contributed by atoms with Crippen LogP contribution in [0.4, 0.5) is 0 Å². The Hall–Kier alpha value is -3.32. The first-order chi connectivity index (χ1) is 15.1. The van der Waals surface area contributed by atoms with Crippen LogP contribution < -0.4 is 15.0 Å². The summed E-state index contributed by atoms with van der Waals surface area (Å²) in [5, 5.41) is 19.0. The highest BCUT2D eigenvalue weighted by molar-refractivity contribution is 5.59. The molecule has 162 valence electrons. The topological polar surface area (TPSA) is 83.6 Å². The molecule has 31 heavy (non-hydrogen) atoms. The van der Waals surface area contributed by atoms with Crippen LogP contribution in [0.2, 0.25) is 0 Å². The van der Waals surface area contributed by atoms with Crippen molar-refractivity contribution >= 4 is 0 Å². The molecule has 0 saturated carbocycles. The van der Waals surface area contributed by atoms with Crippen molar-refractivity contribution in [1.29, 1.82) is 5.41 Å². The third-order valence-corrected chi connectivity index (χ3v) is 5.89. The Morgan fingerprint density at radius 3 is 2.68 bits per heavy atom. The second-order valence-electron chi connectivity index (χ2n) is 7.53. The number of methoxy groups -OCH3 is 1. The van der Waals surface area contributed by atoms with Gasteiger partial charge in [-0.15, -0.1) is 0 Å². The molecular formula is C24H28N4O3. The molecule has 0 bridgehead atoms. The van der Waals surface area contributed by atoms with Crippen molar-refractivity contribution in [2.45, 2.75) is 26.3 Å². The minimum absolute atomic E-state index is 0.122. The van der Waals surface area contributed by atoms with Crippen LogP contribution in [0.5, 0.6) is 23.1 Å². The summed E-state index contributed by atoms with van der Waals surface area (Å²) in [4.78, 5) is 6.87. The maximum atomic E-state index is 9.99. The molecule has 4 rings (SSSR count). The van der Waals surface area contributed by atoms with Gasteiger partial charge in [-0.1, -0.05) is 38.1 Å². The lowest BCUT2D eigenvalue weighted by atomic mass is 9.83. The molecule has 1 aliphatic rings. The fraction of sp³-hybridized carbons (Fsp3) is 0.333. The minimum atomic E-state index is -0.295. The second kappa shape index (κ2) is 8.81. The maximum absolute atomic E-state index is 9.99. The molecule has 1 aliphatic heterocycles. The van der Waals surface area contributed by atoms with Gasteiger partial charge in [0, 0.05) is 30.3 Å². The van der Waals surface area contributed by atoms with Gasteiger partial charge in [0.15, 0.2) is 0 Å². The van der Waals surface area contributed by atoms with Gasteiger partial charge in [0.2, 0.25) is 5.88 Å². The van der Waals surface area contributed by atoms with E-state index in [0.29, 0.717) is 29.2 Å². The first-order valence-corrected chi connectivity index (χ1v) is 10.6. The molecule has 2 N–H and O–H groups in total. The van der Waals surface area contributed by atoms with E-state index < -0.39 is 0 Å². The normalized spacial score (nSPS) is 14.6. The lowest BCUT2D eigenvalue weighted by Gasteiger charge is -2.29. The molecule has 0 saturated heterocycles. The van der Waals surface area contributed by atoms with E-state index >= 15 is 0 Å². The molecule has 2 heterocycles. The molecule has 0 radical (unpaired) electrons. The number of ether oxygens (including phenoxy) is 2. The van der Waals surface area contributed by atoms with Crippen molar-refractivity contribution in [2.75, 3.05) is 26.7 Å². The Kier molecular flexibility index (Phi) is 5.95. The van der Waals surface area contributed by atoms with E-state index in [4.69, 9.17) is 14.9 Å². The molecule has 0 amide bonds. The van der Waals surface area contributed by atoms with Crippen molar-refractivity contribution < 1.29 is 14.6 Å². The third kappa shape index (κ3) is 3.88. The van der Waals surface area contributed by atoms with Crippen LogP contribution in [0.15, 0.2) is 48.8 Å². The highest BCUT2D eigenvalue weighted by Crippen LogP contribution is 2.47. The van der Waals surface area contributed by atoms with E-state index in [1.54, 1.807) is 25.6 Å². The van der Waals surface area contributed by atoms with Gasteiger partial charge >= 0.3 is 0 Å². The van der Waals surface area contributed by atoms with Gasteiger partial charge in [-0.2, -0.15) is 0 Å². The van der Waals surface area contributed by atoms with Crippen LogP contribution in [0.25, 0.3) is 0 Å². The molecule has 0 unspecified atom stereocenters. The van der Waals surface area contributed by atoms with Gasteiger partial charge in [0.05, 0.1) is 18.6 Å². The molecule has 0 spiro atoms. The second-order valence-corrected chi connectivity index (χ2v) is 7.53. The SMILES string of the molecule is CCN(CC)CCn1cnc2c(c1=N)[C@@H](c1ccccc1OC)c1ccc(O)cc1O2. The highest BCUT2D eigenvalue weighted by Gasteiger charge is 2.33. The molecule has 1 aromatic heterocycles. The number of hydrogen-bond acceptors (Lipinski definition) is 6. The third-order valence-electron chi connectivity index (χ3n) is 5.89. The van der Waals surface area contributed by atoms with Crippen LogP contribution >= 0.6 is 0 Å². The first-order valence-electron chi connectivity index (χ1n) is 10.6. The van der Waals surface area contributed by atoms with E-state index in [1.807, 2.05) is 34.9 Å². The number of nitrogens with zero attached hydrogens (tertiary/aromatic N) is 3. The summed E-state index contributed by atoms with van der Waals surface area (Å²) in [6.45, 7) is 7.72. The van der Waals surface area contributed by atoms with E-state index in [1.165, 1.54) is 0 Å². The van der Waals surface area contributed by atoms with Crippen LogP contribution in [0.3, 0.4) is 0 Å². The Morgan fingerprint density at radius 2 is 1.94 bits per heavy atom. The highest BCUT2D eigenvalue weighted by atomic mass is 16.5. The van der Waals surface area contributed by atoms with Crippen molar-refractivity contribution in [3.63, 3.8) is 0 Å². The van der Waals surface area contributed by atoms with Crippen LogP contribution in [-0.4, -0.2) is 46.3 Å². The summed E-state index contributed by atoms with van der Waals surface area (Å²) in [7, 11) is 1.64. The zero-order valence-corrected chi connectivity index (χ0v) is 18.1. The van der Waals surface area contributed by atoms with Crippen molar-refractivity contribution in [2.24, 2.45) is 0 Å². The number of likely N-dealkylation sites (N-methyl/N-ethyl adjacent to an activating group) is 1. The molecule has 0 aliphatic carbocycles. The molecule has 0 fully saturated rings. The summed E-state index contributed by atoms with van der Waals surface area (Å²) in [6.07, 6.45) is 1.66. The fourth-order valence-corrected chi connectivity index (χ4v) is 4.14. The van der Waals surface area contributed by atoms with Crippen molar-refractivity contribution in [1.82, 2.24) is 14.5 Å². The van der Waals surface area contributed by atoms with E-state index in [2.05, 4.69) is 23.7 Å². The van der Waals surface area contributed by atoms with Crippen LogP contribution in [0.1, 0.15) is 36.5 Å². The molecule has 7 nitrogen and oxygen atoms in total.